The molecule has 1 fully saturated rings. The minimum Gasteiger partial charge on any atom is -0.374 e. The zero-order valence-corrected chi connectivity index (χ0v) is 18.3. The molecule has 1 aromatic carbocycles. The van der Waals surface area contributed by atoms with Crippen molar-refractivity contribution in [1.82, 2.24) is 9.62 Å². The summed E-state index contributed by atoms with van der Waals surface area (Å²) in [6.07, 6.45) is 4.69. The van der Waals surface area contributed by atoms with Gasteiger partial charge in [0.25, 0.3) is 0 Å². The largest absolute Gasteiger partial charge is 0.374 e. The molecule has 0 aliphatic carbocycles. The Kier molecular flexibility index (Phi) is 5.78. The average Bonchev–Trinajstić information content (AvgIpc) is 3.29. The zero-order valence-electron chi connectivity index (χ0n) is 16.6. The first-order chi connectivity index (χ1) is 13.4. The van der Waals surface area contributed by atoms with Gasteiger partial charge in [-0.1, -0.05) is 18.6 Å². The van der Waals surface area contributed by atoms with Crippen LogP contribution in [0.3, 0.4) is 0 Å². The van der Waals surface area contributed by atoms with Gasteiger partial charge in [0.2, 0.25) is 10.0 Å². The Morgan fingerprint density at radius 3 is 2.61 bits per heavy atom. The molecule has 2 aromatic rings. The summed E-state index contributed by atoms with van der Waals surface area (Å²) < 4.78 is 28.8. The molecule has 1 atom stereocenters. The second-order valence-electron chi connectivity index (χ2n) is 7.89. The van der Waals surface area contributed by atoms with E-state index in [0.717, 1.165) is 30.9 Å². The van der Waals surface area contributed by atoms with Crippen molar-refractivity contribution >= 4 is 27.0 Å². The van der Waals surface area contributed by atoms with Gasteiger partial charge in [0.15, 0.2) is 0 Å². The van der Waals surface area contributed by atoms with Gasteiger partial charge in [-0.3, -0.25) is 4.90 Å². The number of benzene rings is 1. The monoisotopic (exact) mass is 419 g/mol. The van der Waals surface area contributed by atoms with Crippen molar-refractivity contribution in [1.29, 1.82) is 0 Å². The van der Waals surface area contributed by atoms with Crippen molar-refractivity contribution in [3.8, 4) is 0 Å². The van der Waals surface area contributed by atoms with E-state index in [1.807, 2.05) is 13.0 Å². The number of likely N-dealkylation sites (tertiary alicyclic amines) is 1. The van der Waals surface area contributed by atoms with Crippen molar-refractivity contribution in [2.75, 3.05) is 38.1 Å². The number of rotatable bonds is 6. The van der Waals surface area contributed by atoms with Gasteiger partial charge in [-0.2, -0.15) is 0 Å². The molecule has 1 aromatic heterocycles. The Hall–Kier alpha value is -1.41. The Bertz CT molecular complexity index is 933. The van der Waals surface area contributed by atoms with Crippen molar-refractivity contribution < 1.29 is 8.42 Å². The molecule has 0 bridgehead atoms. The lowest BCUT2D eigenvalue weighted by Crippen LogP contribution is -2.40. The van der Waals surface area contributed by atoms with Crippen LogP contribution in [0.15, 0.2) is 34.5 Å². The Labute approximate surface area is 172 Å². The number of anilines is 1. The molecule has 3 heterocycles. The third-order valence-corrected chi connectivity index (χ3v) is 8.81. The predicted octanol–water partition coefficient (Wildman–Crippen LogP) is 3.55. The minimum absolute atomic E-state index is 0.0762. The van der Waals surface area contributed by atoms with E-state index < -0.39 is 10.0 Å². The number of thiophene rings is 1. The predicted molar refractivity (Wildman–Crippen MR) is 116 cm³/mol. The summed E-state index contributed by atoms with van der Waals surface area (Å²) in [6, 6.07) is 10.3. The van der Waals surface area contributed by atoms with Gasteiger partial charge in [-0.15, -0.1) is 11.3 Å². The van der Waals surface area contributed by atoms with Crippen LogP contribution in [0.25, 0.3) is 0 Å². The average molecular weight is 420 g/mol. The summed E-state index contributed by atoms with van der Waals surface area (Å²) in [4.78, 5) is 5.75. The maximum absolute atomic E-state index is 12.8. The summed E-state index contributed by atoms with van der Waals surface area (Å²) in [5.74, 6) is 0. The number of sulfonamides is 1. The van der Waals surface area contributed by atoms with E-state index in [2.05, 4.69) is 39.8 Å². The first-order valence-electron chi connectivity index (χ1n) is 10.1. The number of piperidine rings is 1. The van der Waals surface area contributed by atoms with Crippen molar-refractivity contribution in [3.05, 3.63) is 46.3 Å². The normalized spacial score (nSPS) is 19.0. The number of hydrogen-bond acceptors (Lipinski definition) is 5. The van der Waals surface area contributed by atoms with Crippen LogP contribution in [0, 0.1) is 6.92 Å². The van der Waals surface area contributed by atoms with E-state index in [1.54, 1.807) is 6.07 Å². The second-order valence-corrected chi connectivity index (χ2v) is 11.2. The second kappa shape index (κ2) is 8.14. The van der Waals surface area contributed by atoms with Gasteiger partial charge in [0, 0.05) is 36.7 Å². The molecule has 2 aliphatic heterocycles. The summed E-state index contributed by atoms with van der Waals surface area (Å²) in [5, 5.41) is 0. The smallest absolute Gasteiger partial charge is 0.250 e. The SMILES string of the molecule is Cc1ccc(S(=O)(=O)NCC(c2ccc3c(c2)CCN3C)N2CCCCC2)s1. The Balaban J connectivity index is 1.57. The zero-order chi connectivity index (χ0) is 19.7. The van der Waals surface area contributed by atoms with Gasteiger partial charge in [0.1, 0.15) is 4.21 Å². The van der Waals surface area contributed by atoms with E-state index in [4.69, 9.17) is 0 Å². The number of hydrogen-bond donors (Lipinski definition) is 1. The third-order valence-electron chi connectivity index (χ3n) is 5.89. The van der Waals surface area contributed by atoms with Crippen LogP contribution in [0.5, 0.6) is 0 Å². The highest BCUT2D eigenvalue weighted by Crippen LogP contribution is 2.32. The van der Waals surface area contributed by atoms with Crippen LogP contribution in [0.2, 0.25) is 0 Å². The van der Waals surface area contributed by atoms with Crippen molar-refractivity contribution in [3.63, 3.8) is 0 Å². The van der Waals surface area contributed by atoms with E-state index >= 15 is 0 Å². The molecule has 1 saturated heterocycles. The summed E-state index contributed by atoms with van der Waals surface area (Å²) in [5.41, 5.74) is 3.90. The molecule has 5 nitrogen and oxygen atoms in total. The molecule has 7 heteroatoms. The number of nitrogens with zero attached hydrogens (tertiary/aromatic N) is 2. The number of likely N-dealkylation sites (N-methyl/N-ethyl adjacent to an activating group) is 1. The van der Waals surface area contributed by atoms with E-state index in [1.165, 1.54) is 47.4 Å². The highest BCUT2D eigenvalue weighted by Gasteiger charge is 2.27. The van der Waals surface area contributed by atoms with Crippen LogP contribution >= 0.6 is 11.3 Å². The summed E-state index contributed by atoms with van der Waals surface area (Å²) >= 11 is 1.32. The van der Waals surface area contributed by atoms with Gasteiger partial charge >= 0.3 is 0 Å². The topological polar surface area (TPSA) is 52.7 Å². The van der Waals surface area contributed by atoms with Crippen molar-refractivity contribution in [2.24, 2.45) is 0 Å². The molecule has 0 saturated carbocycles. The molecule has 0 amide bonds. The highest BCUT2D eigenvalue weighted by atomic mass is 32.2. The van der Waals surface area contributed by atoms with Gasteiger partial charge in [-0.05, 0) is 68.6 Å². The standard InChI is InChI=1S/C21H29N3O2S2/c1-16-6-9-21(27-16)28(25,26)22-15-20(24-11-4-3-5-12-24)17-7-8-19-18(14-17)10-13-23(19)2/h6-9,14,20,22H,3-5,10-13,15H2,1-2H3. The third kappa shape index (κ3) is 4.13. The lowest BCUT2D eigenvalue weighted by atomic mass is 9.99. The van der Waals surface area contributed by atoms with E-state index in [9.17, 15) is 8.42 Å². The van der Waals surface area contributed by atoms with Crippen LogP contribution < -0.4 is 9.62 Å². The molecule has 4 rings (SSSR count). The summed E-state index contributed by atoms with van der Waals surface area (Å²) in [6.45, 7) is 5.45. The fraction of sp³-hybridized carbons (Fsp3) is 0.524. The summed E-state index contributed by atoms with van der Waals surface area (Å²) in [7, 11) is -1.34. The molecular formula is C21H29N3O2S2. The maximum atomic E-state index is 12.8. The molecule has 1 N–H and O–H groups in total. The number of nitrogens with one attached hydrogen (secondary N) is 1. The lowest BCUT2D eigenvalue weighted by molar-refractivity contribution is 0.164. The molecule has 152 valence electrons. The van der Waals surface area contributed by atoms with Gasteiger partial charge < -0.3 is 4.90 Å². The Morgan fingerprint density at radius 2 is 1.89 bits per heavy atom. The molecule has 0 spiro atoms. The molecule has 1 unspecified atom stereocenters. The van der Waals surface area contributed by atoms with Gasteiger partial charge in [-0.25, -0.2) is 13.1 Å². The van der Waals surface area contributed by atoms with Crippen molar-refractivity contribution in [2.45, 2.75) is 42.9 Å². The fourth-order valence-corrected chi connectivity index (χ4v) is 6.66. The lowest BCUT2D eigenvalue weighted by Gasteiger charge is -2.35. The van der Waals surface area contributed by atoms with Crippen LogP contribution in [0.4, 0.5) is 5.69 Å². The van der Waals surface area contributed by atoms with E-state index in [-0.39, 0.29) is 6.04 Å². The minimum atomic E-state index is -3.47. The molecule has 28 heavy (non-hydrogen) atoms. The number of fused-ring (bicyclic) bond motifs is 1. The molecule has 0 radical (unpaired) electrons. The van der Waals surface area contributed by atoms with E-state index in [0.29, 0.717) is 10.8 Å². The van der Waals surface area contributed by atoms with Crippen LogP contribution in [0.1, 0.15) is 41.3 Å². The fourth-order valence-electron chi connectivity index (χ4n) is 4.30. The number of aryl methyl sites for hydroxylation is 1. The van der Waals surface area contributed by atoms with Crippen LogP contribution in [-0.4, -0.2) is 46.5 Å². The molecular weight excluding hydrogens is 390 g/mol. The maximum Gasteiger partial charge on any atom is 0.250 e. The quantitative estimate of drug-likeness (QED) is 0.778. The highest BCUT2D eigenvalue weighted by molar-refractivity contribution is 7.91. The van der Waals surface area contributed by atoms with Gasteiger partial charge in [0.05, 0.1) is 0 Å². The first-order valence-corrected chi connectivity index (χ1v) is 12.4. The first kappa shape index (κ1) is 19.9. The molecule has 2 aliphatic rings. The Morgan fingerprint density at radius 1 is 1.11 bits per heavy atom. The van der Waals surface area contributed by atoms with Crippen LogP contribution in [-0.2, 0) is 16.4 Å².